The van der Waals surface area contributed by atoms with Crippen molar-refractivity contribution in [3.05, 3.63) is 71.6 Å². The second-order valence-electron chi connectivity index (χ2n) is 7.16. The smallest absolute Gasteiger partial charge is 0.253 e. The Balaban J connectivity index is 1.57. The Bertz CT molecular complexity index is 855. The molecule has 0 unspecified atom stereocenters. The molecule has 1 N–H and O–H groups in total. The van der Waals surface area contributed by atoms with Crippen LogP contribution in [0.1, 0.15) is 48.0 Å². The maximum atomic E-state index is 13.2. The average molecular weight is 380 g/mol. The summed E-state index contributed by atoms with van der Waals surface area (Å²) in [4.78, 5) is 26.5. The maximum absolute atomic E-state index is 13.2. The van der Waals surface area contributed by atoms with E-state index in [9.17, 15) is 14.0 Å². The lowest BCUT2D eigenvalue weighted by Gasteiger charge is -2.31. The zero-order chi connectivity index (χ0) is 19.9. The molecule has 4 nitrogen and oxygen atoms in total. The van der Waals surface area contributed by atoms with E-state index in [1.807, 2.05) is 11.9 Å². The second-order valence-corrected chi connectivity index (χ2v) is 7.16. The number of hydrogen-bond donors (Lipinski definition) is 1. The van der Waals surface area contributed by atoms with Crippen molar-refractivity contribution in [1.82, 2.24) is 4.90 Å². The van der Waals surface area contributed by atoms with E-state index in [4.69, 9.17) is 0 Å². The van der Waals surface area contributed by atoms with Crippen molar-refractivity contribution in [2.45, 2.75) is 38.1 Å². The van der Waals surface area contributed by atoms with Crippen LogP contribution < -0.4 is 5.32 Å². The minimum atomic E-state index is -0.346. The number of benzene rings is 2. The van der Waals surface area contributed by atoms with E-state index < -0.39 is 0 Å². The number of carbonyl (C=O) groups excluding carboxylic acids is 2. The van der Waals surface area contributed by atoms with E-state index >= 15 is 0 Å². The van der Waals surface area contributed by atoms with Gasteiger partial charge in [0.15, 0.2) is 0 Å². The zero-order valence-electron chi connectivity index (χ0n) is 16.0. The summed E-state index contributed by atoms with van der Waals surface area (Å²) in [6.07, 6.45) is 8.63. The van der Waals surface area contributed by atoms with Crippen molar-refractivity contribution < 1.29 is 14.0 Å². The molecule has 0 aliphatic heterocycles. The van der Waals surface area contributed by atoms with E-state index in [1.165, 1.54) is 37.5 Å². The van der Waals surface area contributed by atoms with Crippen LogP contribution in [-0.4, -0.2) is 29.8 Å². The van der Waals surface area contributed by atoms with Crippen molar-refractivity contribution in [1.29, 1.82) is 0 Å². The van der Waals surface area contributed by atoms with Gasteiger partial charge in [-0.25, -0.2) is 4.39 Å². The van der Waals surface area contributed by atoms with Crippen molar-refractivity contribution in [3.8, 4) is 0 Å². The topological polar surface area (TPSA) is 49.4 Å². The lowest BCUT2D eigenvalue weighted by molar-refractivity contribution is -0.111. The fourth-order valence-corrected chi connectivity index (χ4v) is 3.50. The summed E-state index contributed by atoms with van der Waals surface area (Å²) in [6, 6.07) is 13.2. The summed E-state index contributed by atoms with van der Waals surface area (Å²) < 4.78 is 13.2. The fraction of sp³-hybridized carbons (Fsp3) is 0.304. The first-order valence-electron chi connectivity index (χ1n) is 9.65. The summed E-state index contributed by atoms with van der Waals surface area (Å²) in [7, 11) is 1.87. The van der Waals surface area contributed by atoms with Crippen molar-refractivity contribution in [2.75, 3.05) is 12.4 Å². The van der Waals surface area contributed by atoms with Gasteiger partial charge in [0, 0.05) is 30.4 Å². The molecule has 1 aliphatic carbocycles. The van der Waals surface area contributed by atoms with Gasteiger partial charge in [-0.15, -0.1) is 0 Å². The first kappa shape index (κ1) is 19.8. The molecule has 2 aromatic rings. The highest BCUT2D eigenvalue weighted by molar-refractivity contribution is 6.02. The predicted octanol–water partition coefficient (Wildman–Crippen LogP) is 4.88. The number of nitrogens with one attached hydrogen (secondary N) is 1. The first-order valence-corrected chi connectivity index (χ1v) is 9.65. The molecule has 0 aromatic heterocycles. The largest absolute Gasteiger partial charge is 0.339 e. The second kappa shape index (κ2) is 9.31. The third kappa shape index (κ3) is 5.28. The third-order valence-corrected chi connectivity index (χ3v) is 5.12. The van der Waals surface area contributed by atoms with E-state index in [1.54, 1.807) is 42.5 Å². The number of hydrogen-bond acceptors (Lipinski definition) is 2. The number of carbonyl (C=O) groups is 2. The molecule has 0 atom stereocenters. The number of halogens is 1. The highest BCUT2D eigenvalue weighted by atomic mass is 19.1. The summed E-state index contributed by atoms with van der Waals surface area (Å²) in [6.45, 7) is 0. The molecule has 0 saturated heterocycles. The van der Waals surface area contributed by atoms with Crippen LogP contribution in [-0.2, 0) is 4.79 Å². The van der Waals surface area contributed by atoms with E-state index in [0.717, 1.165) is 12.8 Å². The van der Waals surface area contributed by atoms with Crippen LogP contribution in [0.4, 0.5) is 10.1 Å². The minimum absolute atomic E-state index is 0.00998. The lowest BCUT2D eigenvalue weighted by Crippen LogP contribution is -2.38. The highest BCUT2D eigenvalue weighted by Gasteiger charge is 2.22. The Morgan fingerprint density at radius 2 is 1.79 bits per heavy atom. The molecule has 2 aromatic carbocycles. The molecule has 28 heavy (non-hydrogen) atoms. The minimum Gasteiger partial charge on any atom is -0.339 e. The van der Waals surface area contributed by atoms with Gasteiger partial charge in [-0.2, -0.15) is 0 Å². The third-order valence-electron chi connectivity index (χ3n) is 5.12. The van der Waals surface area contributed by atoms with Crippen molar-refractivity contribution in [3.63, 3.8) is 0 Å². The number of nitrogens with zero attached hydrogens (tertiary/aromatic N) is 1. The molecule has 1 saturated carbocycles. The molecule has 2 amide bonds. The summed E-state index contributed by atoms with van der Waals surface area (Å²) in [5.41, 5.74) is 1.83. The van der Waals surface area contributed by atoms with Gasteiger partial charge in [-0.1, -0.05) is 31.4 Å². The summed E-state index contributed by atoms with van der Waals surface area (Å²) in [5, 5.41) is 2.74. The molecular formula is C23H25FN2O2. The molecule has 146 valence electrons. The molecule has 0 heterocycles. The Morgan fingerprint density at radius 1 is 1.07 bits per heavy atom. The molecule has 0 spiro atoms. The first-order chi connectivity index (χ1) is 13.5. The zero-order valence-corrected chi connectivity index (χ0v) is 16.0. The Hall–Kier alpha value is -2.95. The van der Waals surface area contributed by atoms with E-state index in [2.05, 4.69) is 5.32 Å². The van der Waals surface area contributed by atoms with Crippen LogP contribution in [0.3, 0.4) is 0 Å². The van der Waals surface area contributed by atoms with E-state index in [-0.39, 0.29) is 17.6 Å². The highest BCUT2D eigenvalue weighted by Crippen LogP contribution is 2.23. The molecule has 3 rings (SSSR count). The van der Waals surface area contributed by atoms with Crippen LogP contribution in [0.5, 0.6) is 0 Å². The van der Waals surface area contributed by atoms with Crippen molar-refractivity contribution in [2.24, 2.45) is 0 Å². The van der Waals surface area contributed by atoms with Crippen LogP contribution in [0.25, 0.3) is 6.08 Å². The van der Waals surface area contributed by atoms with Crippen LogP contribution in [0, 0.1) is 5.82 Å². The van der Waals surface area contributed by atoms with Crippen molar-refractivity contribution >= 4 is 23.6 Å². The average Bonchev–Trinajstić information content (AvgIpc) is 2.72. The van der Waals surface area contributed by atoms with Gasteiger partial charge in [0.25, 0.3) is 5.91 Å². The molecule has 0 bridgehead atoms. The standard InChI is InChI=1S/C23H25FN2O2/c1-26(21-8-3-2-4-9-21)23(28)18-11-13-20(14-12-18)25-22(27)15-10-17-6-5-7-19(24)16-17/h5-7,10-16,21H,2-4,8-9H2,1H3,(H,25,27)/b15-10+. The van der Waals surface area contributed by atoms with Gasteiger partial charge in [-0.05, 0) is 60.9 Å². The normalized spacial score (nSPS) is 14.8. The molecule has 1 aliphatic rings. The lowest BCUT2D eigenvalue weighted by atomic mass is 9.94. The van der Waals surface area contributed by atoms with Crippen LogP contribution in [0.2, 0.25) is 0 Å². The Labute approximate surface area is 165 Å². The summed E-state index contributed by atoms with van der Waals surface area (Å²) >= 11 is 0. The Kier molecular flexibility index (Phi) is 6.58. The number of amides is 2. The van der Waals surface area contributed by atoms with Gasteiger partial charge >= 0.3 is 0 Å². The monoisotopic (exact) mass is 380 g/mol. The molecule has 1 fully saturated rings. The molecular weight excluding hydrogens is 355 g/mol. The van der Waals surface area contributed by atoms with Crippen LogP contribution in [0.15, 0.2) is 54.6 Å². The fourth-order valence-electron chi connectivity index (χ4n) is 3.50. The molecule has 5 heteroatoms. The Morgan fingerprint density at radius 3 is 2.46 bits per heavy atom. The number of rotatable bonds is 5. The SMILES string of the molecule is CN(C(=O)c1ccc(NC(=O)/C=C/c2cccc(F)c2)cc1)C1CCCCC1. The van der Waals surface area contributed by atoms with Gasteiger partial charge < -0.3 is 10.2 Å². The molecule has 0 radical (unpaired) electrons. The summed E-state index contributed by atoms with van der Waals surface area (Å²) in [5.74, 6) is -0.653. The van der Waals surface area contributed by atoms with Gasteiger partial charge in [-0.3, -0.25) is 9.59 Å². The quantitative estimate of drug-likeness (QED) is 0.752. The van der Waals surface area contributed by atoms with Gasteiger partial charge in [0.05, 0.1) is 0 Å². The van der Waals surface area contributed by atoms with Gasteiger partial charge in [0.2, 0.25) is 5.91 Å². The van der Waals surface area contributed by atoms with E-state index in [0.29, 0.717) is 22.9 Å². The number of anilines is 1. The van der Waals surface area contributed by atoms with Gasteiger partial charge in [0.1, 0.15) is 5.82 Å². The maximum Gasteiger partial charge on any atom is 0.253 e. The predicted molar refractivity (Wildman–Crippen MR) is 109 cm³/mol. The van der Waals surface area contributed by atoms with Crippen LogP contribution >= 0.6 is 0 Å².